The van der Waals surface area contributed by atoms with E-state index in [9.17, 15) is 13.6 Å². The average Bonchev–Trinajstić information content (AvgIpc) is 1.92. The maximum atomic E-state index is 10.7. The van der Waals surface area contributed by atoms with Crippen LogP contribution < -0.4 is 4.73 Å². The predicted molar refractivity (Wildman–Crippen MR) is 43.5 cm³/mol. The van der Waals surface area contributed by atoms with Gasteiger partial charge in [-0.1, -0.05) is 11.6 Å². The van der Waals surface area contributed by atoms with Gasteiger partial charge in [0.2, 0.25) is 6.20 Å². The van der Waals surface area contributed by atoms with Gasteiger partial charge in [-0.15, -0.1) is 0 Å². The van der Waals surface area contributed by atoms with E-state index in [0.717, 1.165) is 18.5 Å². The molecule has 0 aliphatic rings. The van der Waals surface area contributed by atoms with E-state index in [1.807, 2.05) is 0 Å². The van der Waals surface area contributed by atoms with Crippen LogP contribution in [-0.2, 0) is 9.05 Å². The van der Waals surface area contributed by atoms with Crippen molar-refractivity contribution in [3.8, 4) is 0 Å². The molecule has 1 rings (SSSR count). The number of hydrogen-bond acceptors (Lipinski definition) is 3. The average molecular weight is 228 g/mol. The van der Waals surface area contributed by atoms with Crippen LogP contribution in [0.2, 0.25) is 5.02 Å². The summed E-state index contributed by atoms with van der Waals surface area (Å²) < 4.78 is 21.8. The van der Waals surface area contributed by atoms with E-state index in [-0.39, 0.29) is 9.92 Å². The number of pyridine rings is 1. The minimum atomic E-state index is -3.94. The normalized spacial score (nSPS) is 11.5. The lowest BCUT2D eigenvalue weighted by Crippen LogP contribution is -2.25. The predicted octanol–water partition coefficient (Wildman–Crippen LogP) is 0.901. The summed E-state index contributed by atoms with van der Waals surface area (Å²) in [6.45, 7) is 0. The van der Waals surface area contributed by atoms with E-state index in [0.29, 0.717) is 4.73 Å². The van der Waals surface area contributed by atoms with E-state index in [1.165, 1.54) is 0 Å². The Morgan fingerprint density at radius 2 is 2.08 bits per heavy atom. The van der Waals surface area contributed by atoms with Crippen molar-refractivity contribution in [2.45, 2.75) is 4.90 Å². The van der Waals surface area contributed by atoms with Crippen molar-refractivity contribution >= 4 is 31.3 Å². The molecule has 0 unspecified atom stereocenters. The molecule has 0 aliphatic carbocycles. The van der Waals surface area contributed by atoms with Gasteiger partial charge in [0.25, 0.3) is 9.05 Å². The molecule has 0 bridgehead atoms. The van der Waals surface area contributed by atoms with Crippen LogP contribution in [0.25, 0.3) is 0 Å². The number of halogens is 2. The molecule has 1 aromatic heterocycles. The largest absolute Gasteiger partial charge is 0.619 e. The Kier molecular flexibility index (Phi) is 2.46. The monoisotopic (exact) mass is 227 g/mol. The topological polar surface area (TPSA) is 61.1 Å². The SMILES string of the molecule is O=S(=O)(Cl)c1c[n+]([O-])ccc1Cl. The van der Waals surface area contributed by atoms with E-state index in [2.05, 4.69) is 0 Å². The molecule has 1 aromatic rings. The van der Waals surface area contributed by atoms with E-state index in [4.69, 9.17) is 22.3 Å². The maximum Gasteiger partial charge on any atom is 0.268 e. The van der Waals surface area contributed by atoms with Gasteiger partial charge in [0, 0.05) is 16.7 Å². The first-order valence-corrected chi connectivity index (χ1v) is 5.43. The first kappa shape index (κ1) is 9.57. The van der Waals surface area contributed by atoms with Crippen LogP contribution in [0.1, 0.15) is 0 Å². The molecule has 0 aromatic carbocycles. The lowest BCUT2D eigenvalue weighted by atomic mass is 10.5. The van der Waals surface area contributed by atoms with Crippen LogP contribution in [0, 0.1) is 5.21 Å². The molecular weight excluding hydrogens is 225 g/mol. The fourth-order valence-corrected chi connectivity index (χ4v) is 2.05. The molecule has 0 atom stereocenters. The maximum absolute atomic E-state index is 10.7. The zero-order chi connectivity index (χ0) is 9.35. The highest BCUT2D eigenvalue weighted by Gasteiger charge is 2.17. The zero-order valence-corrected chi connectivity index (χ0v) is 7.90. The number of hydrogen-bond donors (Lipinski definition) is 0. The zero-order valence-electron chi connectivity index (χ0n) is 5.57. The minimum absolute atomic E-state index is 0.0721. The van der Waals surface area contributed by atoms with Gasteiger partial charge >= 0.3 is 0 Å². The summed E-state index contributed by atoms with van der Waals surface area (Å²) in [7, 11) is 1.03. The van der Waals surface area contributed by atoms with Gasteiger partial charge in [0.15, 0.2) is 11.1 Å². The molecular formula is C5H3Cl2NO3S. The Balaban J connectivity index is 3.43. The van der Waals surface area contributed by atoms with E-state index in [1.54, 1.807) is 0 Å². The van der Waals surface area contributed by atoms with Crippen molar-refractivity contribution in [1.82, 2.24) is 0 Å². The van der Waals surface area contributed by atoms with Gasteiger partial charge in [0.1, 0.15) is 0 Å². The number of rotatable bonds is 1. The Morgan fingerprint density at radius 1 is 1.50 bits per heavy atom. The molecule has 0 saturated carbocycles. The van der Waals surface area contributed by atoms with Crippen molar-refractivity contribution in [2.24, 2.45) is 0 Å². The molecule has 66 valence electrons. The van der Waals surface area contributed by atoms with Gasteiger partial charge in [0.05, 0.1) is 5.02 Å². The van der Waals surface area contributed by atoms with Gasteiger partial charge in [-0.25, -0.2) is 8.42 Å². The summed E-state index contributed by atoms with van der Waals surface area (Å²) >= 11 is 5.47. The first-order chi connectivity index (χ1) is 5.41. The van der Waals surface area contributed by atoms with Crippen molar-refractivity contribution in [3.05, 3.63) is 28.7 Å². The Labute approximate surface area is 78.3 Å². The fraction of sp³-hybridized carbons (Fsp3) is 0. The first-order valence-electron chi connectivity index (χ1n) is 2.74. The van der Waals surface area contributed by atoms with Crippen LogP contribution in [0.15, 0.2) is 23.4 Å². The van der Waals surface area contributed by atoms with Crippen molar-refractivity contribution in [2.75, 3.05) is 0 Å². The van der Waals surface area contributed by atoms with Crippen molar-refractivity contribution in [3.63, 3.8) is 0 Å². The summed E-state index contributed by atoms with van der Waals surface area (Å²) in [4.78, 5) is -0.386. The van der Waals surface area contributed by atoms with Crippen molar-refractivity contribution in [1.29, 1.82) is 0 Å². The standard InChI is InChI=1S/C5H3Cl2NO3S/c6-4-1-2-8(9)3-5(4)12(7,10)11/h1-3H. The molecule has 0 spiro atoms. The molecule has 0 radical (unpaired) electrons. The second-order valence-electron chi connectivity index (χ2n) is 1.95. The third-order valence-corrected chi connectivity index (χ3v) is 2.90. The molecule has 0 amide bonds. The molecule has 12 heavy (non-hydrogen) atoms. The highest BCUT2D eigenvalue weighted by molar-refractivity contribution is 8.13. The highest BCUT2D eigenvalue weighted by Crippen LogP contribution is 2.21. The van der Waals surface area contributed by atoms with E-state index >= 15 is 0 Å². The summed E-state index contributed by atoms with van der Waals surface area (Å²) in [6.07, 6.45) is 1.87. The third kappa shape index (κ3) is 2.00. The van der Waals surface area contributed by atoms with Crippen LogP contribution in [0.5, 0.6) is 0 Å². The summed E-state index contributed by atoms with van der Waals surface area (Å²) in [5.74, 6) is 0. The molecule has 0 saturated heterocycles. The summed E-state index contributed by atoms with van der Waals surface area (Å²) in [6, 6.07) is 1.16. The van der Waals surface area contributed by atoms with Crippen LogP contribution in [0.4, 0.5) is 0 Å². The van der Waals surface area contributed by atoms with Crippen molar-refractivity contribution < 1.29 is 13.1 Å². The third-order valence-electron chi connectivity index (χ3n) is 1.11. The Hall–Kier alpha value is -0.520. The number of nitrogens with zero attached hydrogens (tertiary/aromatic N) is 1. The molecule has 4 nitrogen and oxygen atoms in total. The van der Waals surface area contributed by atoms with Crippen LogP contribution >= 0.6 is 22.3 Å². The van der Waals surface area contributed by atoms with Crippen LogP contribution in [0.3, 0.4) is 0 Å². The molecule has 0 fully saturated rings. The lowest BCUT2D eigenvalue weighted by Gasteiger charge is -1.99. The second-order valence-corrected chi connectivity index (χ2v) is 4.90. The number of aromatic nitrogens is 1. The van der Waals surface area contributed by atoms with Gasteiger partial charge in [-0.05, 0) is 0 Å². The molecule has 1 heterocycles. The second kappa shape index (κ2) is 3.08. The highest BCUT2D eigenvalue weighted by atomic mass is 35.7. The fourth-order valence-electron chi connectivity index (χ4n) is 0.621. The van der Waals surface area contributed by atoms with E-state index < -0.39 is 9.05 Å². The van der Waals surface area contributed by atoms with Crippen LogP contribution in [-0.4, -0.2) is 8.42 Å². The smallest absolute Gasteiger partial charge is 0.268 e. The summed E-state index contributed by atoms with van der Waals surface area (Å²) in [5.41, 5.74) is 0. The molecule has 7 heteroatoms. The van der Waals surface area contributed by atoms with Gasteiger partial charge < -0.3 is 5.21 Å². The Bertz CT molecular complexity index is 403. The summed E-state index contributed by atoms with van der Waals surface area (Å²) in [5, 5.41) is 10.6. The van der Waals surface area contributed by atoms with Gasteiger partial charge in [-0.3, -0.25) is 0 Å². The Morgan fingerprint density at radius 3 is 2.50 bits per heavy atom. The lowest BCUT2D eigenvalue weighted by molar-refractivity contribution is -0.607. The minimum Gasteiger partial charge on any atom is -0.619 e. The molecule has 0 N–H and O–H groups in total. The van der Waals surface area contributed by atoms with Gasteiger partial charge in [-0.2, -0.15) is 4.73 Å². The molecule has 0 aliphatic heterocycles. The quantitative estimate of drug-likeness (QED) is 0.407.